The third-order valence-corrected chi connectivity index (χ3v) is 6.64. The maximum absolute atomic E-state index is 13.2. The van der Waals surface area contributed by atoms with E-state index in [-0.39, 0.29) is 16.4 Å². The van der Waals surface area contributed by atoms with E-state index < -0.39 is 15.8 Å². The number of benzene rings is 3. The van der Waals surface area contributed by atoms with Gasteiger partial charge < -0.3 is 9.64 Å². The minimum atomic E-state index is -3.93. The second-order valence-electron chi connectivity index (χ2n) is 6.99. The largest absolute Gasteiger partial charge is 0.497 e. The van der Waals surface area contributed by atoms with Crippen molar-refractivity contribution in [3.05, 3.63) is 89.7 Å². The number of carbonyl (C=O) groups excluding carboxylic acids is 1. The van der Waals surface area contributed by atoms with E-state index in [9.17, 15) is 17.6 Å². The average molecular weight is 443 g/mol. The number of ether oxygens (including phenoxy) is 1. The summed E-state index contributed by atoms with van der Waals surface area (Å²) in [5.41, 5.74) is 1.48. The van der Waals surface area contributed by atoms with Gasteiger partial charge in [0, 0.05) is 26.2 Å². The molecule has 1 amide bonds. The highest BCUT2D eigenvalue weighted by Gasteiger charge is 2.23. The summed E-state index contributed by atoms with van der Waals surface area (Å²) in [7, 11) is 0.689. The summed E-state index contributed by atoms with van der Waals surface area (Å²) in [5, 5.41) is 0. The lowest BCUT2D eigenvalue weighted by Crippen LogP contribution is -2.28. The van der Waals surface area contributed by atoms with Gasteiger partial charge in [-0.3, -0.25) is 9.10 Å². The molecular weight excluding hydrogens is 419 g/mol. The quantitative estimate of drug-likeness (QED) is 0.556. The van der Waals surface area contributed by atoms with Crippen LogP contribution in [0.2, 0.25) is 0 Å². The van der Waals surface area contributed by atoms with Crippen LogP contribution >= 0.6 is 0 Å². The maximum Gasteiger partial charge on any atom is 0.264 e. The second-order valence-corrected chi connectivity index (χ2v) is 8.96. The standard InChI is InChI=1S/C23H23FN2O4S/c1-25(16-17-7-13-21(30-3)14-8-17)23(27)18-5-4-6-22(15-18)31(28,29)26(2)20-11-9-19(24)10-12-20/h4-15H,16H2,1-3H3. The van der Waals surface area contributed by atoms with Gasteiger partial charge in [0.2, 0.25) is 0 Å². The van der Waals surface area contributed by atoms with Gasteiger partial charge in [0.25, 0.3) is 15.9 Å². The first-order valence-corrected chi connectivity index (χ1v) is 10.9. The van der Waals surface area contributed by atoms with Gasteiger partial charge >= 0.3 is 0 Å². The Morgan fingerprint density at radius 3 is 2.23 bits per heavy atom. The molecule has 0 bridgehead atoms. The number of hydrogen-bond acceptors (Lipinski definition) is 4. The Kier molecular flexibility index (Phi) is 6.60. The molecule has 0 heterocycles. The van der Waals surface area contributed by atoms with Crippen LogP contribution in [-0.4, -0.2) is 40.4 Å². The molecule has 0 aliphatic heterocycles. The molecule has 0 radical (unpaired) electrons. The zero-order chi connectivity index (χ0) is 22.6. The monoisotopic (exact) mass is 442 g/mol. The number of amides is 1. The maximum atomic E-state index is 13.2. The van der Waals surface area contributed by atoms with E-state index in [0.29, 0.717) is 12.2 Å². The van der Waals surface area contributed by atoms with Gasteiger partial charge in [0.05, 0.1) is 17.7 Å². The van der Waals surface area contributed by atoms with Crippen molar-refractivity contribution in [2.75, 3.05) is 25.5 Å². The number of hydrogen-bond donors (Lipinski definition) is 0. The Labute approximate surface area is 181 Å². The van der Waals surface area contributed by atoms with E-state index in [1.807, 2.05) is 24.3 Å². The molecule has 0 N–H and O–H groups in total. The van der Waals surface area contributed by atoms with Crippen molar-refractivity contribution in [1.29, 1.82) is 0 Å². The van der Waals surface area contributed by atoms with Crippen LogP contribution in [0.5, 0.6) is 5.75 Å². The Balaban J connectivity index is 1.80. The number of anilines is 1. The Bertz CT molecular complexity index is 1160. The summed E-state index contributed by atoms with van der Waals surface area (Å²) in [6.07, 6.45) is 0. The number of halogens is 1. The number of methoxy groups -OCH3 is 1. The smallest absolute Gasteiger partial charge is 0.264 e. The van der Waals surface area contributed by atoms with Gasteiger partial charge in [-0.1, -0.05) is 18.2 Å². The van der Waals surface area contributed by atoms with Crippen molar-refractivity contribution in [2.45, 2.75) is 11.4 Å². The molecule has 0 fully saturated rings. The summed E-state index contributed by atoms with van der Waals surface area (Å²) >= 11 is 0. The van der Waals surface area contributed by atoms with E-state index in [0.717, 1.165) is 15.6 Å². The molecule has 8 heteroatoms. The number of sulfonamides is 1. The first-order chi connectivity index (χ1) is 14.7. The van der Waals surface area contributed by atoms with E-state index in [1.165, 1.54) is 54.4 Å². The summed E-state index contributed by atoms with van der Waals surface area (Å²) in [6, 6.07) is 18.4. The summed E-state index contributed by atoms with van der Waals surface area (Å²) < 4.78 is 45.4. The molecule has 0 aliphatic carbocycles. The molecule has 6 nitrogen and oxygen atoms in total. The fourth-order valence-corrected chi connectivity index (χ4v) is 4.28. The zero-order valence-corrected chi connectivity index (χ0v) is 18.3. The zero-order valence-electron chi connectivity index (χ0n) is 17.4. The van der Waals surface area contributed by atoms with Crippen molar-refractivity contribution >= 4 is 21.6 Å². The van der Waals surface area contributed by atoms with Crippen LogP contribution in [0, 0.1) is 5.82 Å². The van der Waals surface area contributed by atoms with Crippen molar-refractivity contribution in [3.8, 4) is 5.75 Å². The third-order valence-electron chi connectivity index (χ3n) is 4.86. The van der Waals surface area contributed by atoms with E-state index >= 15 is 0 Å². The SMILES string of the molecule is COc1ccc(CN(C)C(=O)c2cccc(S(=O)(=O)N(C)c3ccc(F)cc3)c2)cc1. The Morgan fingerprint density at radius 2 is 1.61 bits per heavy atom. The fourth-order valence-electron chi connectivity index (χ4n) is 3.03. The van der Waals surface area contributed by atoms with Crippen LogP contribution < -0.4 is 9.04 Å². The first kappa shape index (κ1) is 22.3. The molecule has 3 rings (SSSR count). The molecule has 0 atom stereocenters. The number of rotatable bonds is 7. The molecule has 0 aromatic heterocycles. The average Bonchev–Trinajstić information content (AvgIpc) is 2.79. The minimum absolute atomic E-state index is 0.0250. The van der Waals surface area contributed by atoms with Gasteiger partial charge in [-0.15, -0.1) is 0 Å². The highest BCUT2D eigenvalue weighted by Crippen LogP contribution is 2.23. The minimum Gasteiger partial charge on any atom is -0.497 e. The lowest BCUT2D eigenvalue weighted by Gasteiger charge is -2.21. The Morgan fingerprint density at radius 1 is 0.968 bits per heavy atom. The van der Waals surface area contributed by atoms with Crippen LogP contribution in [-0.2, 0) is 16.6 Å². The van der Waals surface area contributed by atoms with E-state index in [2.05, 4.69) is 0 Å². The molecule has 3 aromatic carbocycles. The lowest BCUT2D eigenvalue weighted by atomic mass is 10.1. The van der Waals surface area contributed by atoms with E-state index in [4.69, 9.17) is 4.74 Å². The van der Waals surface area contributed by atoms with Crippen molar-refractivity contribution in [3.63, 3.8) is 0 Å². The molecule has 0 unspecified atom stereocenters. The van der Waals surface area contributed by atoms with Crippen LogP contribution in [0.3, 0.4) is 0 Å². The predicted octanol–water partition coefficient (Wildman–Crippen LogP) is 3.93. The first-order valence-electron chi connectivity index (χ1n) is 9.45. The normalized spacial score (nSPS) is 11.1. The molecule has 162 valence electrons. The number of carbonyl (C=O) groups is 1. The van der Waals surface area contributed by atoms with Crippen LogP contribution in [0.1, 0.15) is 15.9 Å². The van der Waals surface area contributed by atoms with Gasteiger partial charge in [-0.25, -0.2) is 12.8 Å². The Hall–Kier alpha value is -3.39. The van der Waals surface area contributed by atoms with Gasteiger partial charge in [0.1, 0.15) is 11.6 Å². The second kappa shape index (κ2) is 9.18. The molecule has 31 heavy (non-hydrogen) atoms. The topological polar surface area (TPSA) is 66.9 Å². The van der Waals surface area contributed by atoms with Gasteiger partial charge in [-0.2, -0.15) is 0 Å². The highest BCUT2D eigenvalue weighted by molar-refractivity contribution is 7.92. The molecule has 0 saturated carbocycles. The predicted molar refractivity (Wildman–Crippen MR) is 117 cm³/mol. The van der Waals surface area contributed by atoms with Gasteiger partial charge in [0.15, 0.2) is 0 Å². The van der Waals surface area contributed by atoms with Crippen molar-refractivity contribution in [2.24, 2.45) is 0 Å². The van der Waals surface area contributed by atoms with Crippen molar-refractivity contribution < 1.29 is 22.3 Å². The fraction of sp³-hybridized carbons (Fsp3) is 0.174. The van der Waals surface area contributed by atoms with E-state index in [1.54, 1.807) is 20.2 Å². The molecule has 0 saturated heterocycles. The van der Waals surface area contributed by atoms with Gasteiger partial charge in [-0.05, 0) is 60.2 Å². The lowest BCUT2D eigenvalue weighted by molar-refractivity contribution is 0.0785. The molecule has 0 spiro atoms. The summed E-state index contributed by atoms with van der Waals surface area (Å²) in [5.74, 6) is -0.0414. The third kappa shape index (κ3) is 5.03. The van der Waals surface area contributed by atoms with Crippen LogP contribution in [0.4, 0.5) is 10.1 Å². The molecule has 3 aromatic rings. The van der Waals surface area contributed by atoms with Crippen molar-refractivity contribution in [1.82, 2.24) is 4.90 Å². The molecule has 0 aliphatic rings. The summed E-state index contributed by atoms with van der Waals surface area (Å²) in [4.78, 5) is 14.4. The van der Waals surface area contributed by atoms with Crippen LogP contribution in [0.25, 0.3) is 0 Å². The molecular formula is C23H23FN2O4S. The van der Waals surface area contributed by atoms with Crippen LogP contribution in [0.15, 0.2) is 77.7 Å². The number of nitrogens with zero attached hydrogens (tertiary/aromatic N) is 2. The summed E-state index contributed by atoms with van der Waals surface area (Å²) in [6.45, 7) is 0.356. The highest BCUT2D eigenvalue weighted by atomic mass is 32.2.